The van der Waals surface area contributed by atoms with Gasteiger partial charge in [0, 0.05) is 17.7 Å². The zero-order chi connectivity index (χ0) is 19.1. The average molecular weight is 371 g/mol. The van der Waals surface area contributed by atoms with E-state index in [1.807, 2.05) is 12.1 Å². The number of benzene rings is 2. The van der Waals surface area contributed by atoms with Crippen molar-refractivity contribution in [3.05, 3.63) is 107 Å². The zero-order valence-corrected chi connectivity index (χ0v) is 16.0. The topological polar surface area (TPSA) is 15.3 Å². The van der Waals surface area contributed by atoms with Gasteiger partial charge < -0.3 is 5.43 Å². The van der Waals surface area contributed by atoms with Gasteiger partial charge in [0.25, 0.3) is 0 Å². The Balaban J connectivity index is 1.39. The van der Waals surface area contributed by atoms with E-state index in [4.69, 9.17) is 0 Å². The van der Waals surface area contributed by atoms with E-state index in [9.17, 15) is 4.39 Å². The van der Waals surface area contributed by atoms with Crippen LogP contribution in [0.3, 0.4) is 0 Å². The van der Waals surface area contributed by atoms with Gasteiger partial charge in [-0.25, -0.2) is 4.39 Å². The Morgan fingerprint density at radius 2 is 1.89 bits per heavy atom. The molecule has 0 saturated heterocycles. The highest BCUT2D eigenvalue weighted by molar-refractivity contribution is 5.64. The van der Waals surface area contributed by atoms with Crippen LogP contribution >= 0.6 is 0 Å². The minimum atomic E-state index is -0.208. The first-order valence-corrected chi connectivity index (χ1v) is 10.1. The van der Waals surface area contributed by atoms with Crippen molar-refractivity contribution in [2.75, 3.05) is 5.01 Å². The number of halogens is 1. The van der Waals surface area contributed by atoms with Gasteiger partial charge in [-0.05, 0) is 73.1 Å². The molecule has 3 heteroatoms. The SMILES string of the molecule is C[C@H]1C2=CNN(c3ccc(F)cc3)C2=CC2=C1[C@H](C[CH]c1ccccc1)CC2. The van der Waals surface area contributed by atoms with E-state index in [1.54, 1.807) is 5.57 Å². The first kappa shape index (κ1) is 17.3. The van der Waals surface area contributed by atoms with E-state index < -0.39 is 0 Å². The molecule has 0 saturated carbocycles. The van der Waals surface area contributed by atoms with Crippen LogP contribution in [0.25, 0.3) is 0 Å². The molecule has 3 aliphatic rings. The normalized spacial score (nSPS) is 23.1. The summed E-state index contributed by atoms with van der Waals surface area (Å²) in [6.07, 6.45) is 10.3. The molecule has 0 amide bonds. The highest BCUT2D eigenvalue weighted by atomic mass is 19.1. The van der Waals surface area contributed by atoms with Gasteiger partial charge >= 0.3 is 0 Å². The number of nitrogens with zero attached hydrogens (tertiary/aromatic N) is 1. The second-order valence-corrected chi connectivity index (χ2v) is 7.86. The van der Waals surface area contributed by atoms with Crippen molar-refractivity contribution in [2.45, 2.75) is 26.2 Å². The van der Waals surface area contributed by atoms with Crippen LogP contribution < -0.4 is 10.4 Å². The molecule has 1 heterocycles. The number of rotatable bonds is 4. The lowest BCUT2D eigenvalue weighted by molar-refractivity contribution is 0.552. The molecule has 2 atom stereocenters. The summed E-state index contributed by atoms with van der Waals surface area (Å²) in [5.74, 6) is 0.814. The number of hydrogen-bond donors (Lipinski definition) is 1. The molecule has 0 fully saturated rings. The van der Waals surface area contributed by atoms with Gasteiger partial charge in [-0.3, -0.25) is 5.01 Å². The van der Waals surface area contributed by atoms with E-state index in [2.05, 4.69) is 66.4 Å². The maximum Gasteiger partial charge on any atom is 0.123 e. The first-order chi connectivity index (χ1) is 13.7. The van der Waals surface area contributed by atoms with Crippen molar-refractivity contribution in [1.29, 1.82) is 0 Å². The van der Waals surface area contributed by atoms with Crippen LogP contribution in [0.4, 0.5) is 10.1 Å². The fourth-order valence-corrected chi connectivity index (χ4v) is 4.83. The molecule has 2 nitrogen and oxygen atoms in total. The summed E-state index contributed by atoms with van der Waals surface area (Å²) >= 11 is 0. The second kappa shape index (κ2) is 6.97. The molecule has 0 spiro atoms. The largest absolute Gasteiger partial charge is 0.301 e. The van der Waals surface area contributed by atoms with E-state index in [1.165, 1.54) is 41.0 Å². The predicted octanol–water partition coefficient (Wildman–Crippen LogP) is 5.92. The lowest BCUT2D eigenvalue weighted by Gasteiger charge is -2.30. The Hall–Kier alpha value is -2.81. The predicted molar refractivity (Wildman–Crippen MR) is 112 cm³/mol. The molecule has 2 aromatic rings. The Morgan fingerprint density at radius 3 is 2.68 bits per heavy atom. The third-order valence-electron chi connectivity index (χ3n) is 6.23. The third-order valence-corrected chi connectivity index (χ3v) is 6.23. The van der Waals surface area contributed by atoms with Gasteiger partial charge in [0.2, 0.25) is 0 Å². The van der Waals surface area contributed by atoms with Crippen molar-refractivity contribution in [3.63, 3.8) is 0 Å². The molecule has 2 aromatic carbocycles. The molecule has 5 rings (SSSR count). The molecular formula is C25H24FN2. The Kier molecular flexibility index (Phi) is 4.31. The second-order valence-electron chi connectivity index (χ2n) is 7.86. The number of allylic oxidation sites excluding steroid dienone is 4. The molecule has 141 valence electrons. The molecule has 1 radical (unpaired) electrons. The van der Waals surface area contributed by atoms with Crippen LogP contribution in [0.2, 0.25) is 0 Å². The number of hydrogen-bond acceptors (Lipinski definition) is 2. The Labute approximate surface area is 166 Å². The van der Waals surface area contributed by atoms with Crippen molar-refractivity contribution in [2.24, 2.45) is 11.8 Å². The summed E-state index contributed by atoms with van der Waals surface area (Å²) in [5.41, 5.74) is 11.3. The summed E-state index contributed by atoms with van der Waals surface area (Å²) in [5, 5.41) is 2.07. The summed E-state index contributed by atoms with van der Waals surface area (Å²) in [4.78, 5) is 0. The van der Waals surface area contributed by atoms with Crippen molar-refractivity contribution < 1.29 is 4.39 Å². The molecule has 1 aliphatic heterocycles. The maximum atomic E-state index is 13.3. The number of nitrogens with one attached hydrogen (secondary N) is 1. The lowest BCUT2D eigenvalue weighted by Crippen LogP contribution is -2.29. The van der Waals surface area contributed by atoms with Crippen molar-refractivity contribution >= 4 is 5.69 Å². The van der Waals surface area contributed by atoms with E-state index >= 15 is 0 Å². The van der Waals surface area contributed by atoms with Crippen LogP contribution in [0.5, 0.6) is 0 Å². The molecule has 1 N–H and O–H groups in total. The van der Waals surface area contributed by atoms with Gasteiger partial charge in [-0.1, -0.05) is 42.8 Å². The quantitative estimate of drug-likeness (QED) is 0.718. The zero-order valence-electron chi connectivity index (χ0n) is 16.0. The standard InChI is InChI=1S/C25H24FN2/c1-17-23-16-27-28(22-13-11-21(26)12-14-22)24(23)15-20-10-9-19(25(17)20)8-7-18-5-3-2-4-6-18/h2-7,11-17,19,27H,8-10H2,1H3/t17-,19+/m0/s1. The van der Waals surface area contributed by atoms with Gasteiger partial charge in [-0.2, -0.15) is 0 Å². The van der Waals surface area contributed by atoms with Crippen LogP contribution in [0.15, 0.2) is 89.3 Å². The number of anilines is 1. The van der Waals surface area contributed by atoms with Crippen molar-refractivity contribution in [1.82, 2.24) is 5.43 Å². The van der Waals surface area contributed by atoms with Crippen LogP contribution in [0.1, 0.15) is 31.7 Å². The highest BCUT2D eigenvalue weighted by Gasteiger charge is 2.37. The summed E-state index contributed by atoms with van der Waals surface area (Å²) in [6, 6.07) is 17.3. The van der Waals surface area contributed by atoms with E-state index in [0.717, 1.165) is 18.5 Å². The minimum Gasteiger partial charge on any atom is -0.301 e. The molecular weight excluding hydrogens is 347 g/mol. The van der Waals surface area contributed by atoms with Crippen LogP contribution in [0, 0.1) is 24.1 Å². The molecule has 0 bridgehead atoms. The smallest absolute Gasteiger partial charge is 0.123 e. The number of fused-ring (bicyclic) bond motifs is 1. The molecule has 2 aliphatic carbocycles. The average Bonchev–Trinajstić information content (AvgIpc) is 3.33. The fraction of sp³-hybridized carbons (Fsp3) is 0.240. The molecule has 0 aromatic heterocycles. The lowest BCUT2D eigenvalue weighted by atomic mass is 9.79. The third kappa shape index (κ3) is 2.95. The first-order valence-electron chi connectivity index (χ1n) is 10.1. The monoisotopic (exact) mass is 371 g/mol. The van der Waals surface area contributed by atoms with Gasteiger partial charge in [-0.15, -0.1) is 0 Å². The van der Waals surface area contributed by atoms with E-state index in [0.29, 0.717) is 11.8 Å². The summed E-state index contributed by atoms with van der Waals surface area (Å²) in [7, 11) is 0. The number of hydrazine groups is 1. The van der Waals surface area contributed by atoms with Crippen molar-refractivity contribution in [3.8, 4) is 0 Å². The van der Waals surface area contributed by atoms with Gasteiger partial charge in [0.15, 0.2) is 0 Å². The fourth-order valence-electron chi connectivity index (χ4n) is 4.83. The minimum absolute atomic E-state index is 0.208. The Morgan fingerprint density at radius 1 is 1.11 bits per heavy atom. The van der Waals surface area contributed by atoms with Crippen LogP contribution in [-0.2, 0) is 0 Å². The summed E-state index contributed by atoms with van der Waals surface area (Å²) in [6.45, 7) is 2.32. The van der Waals surface area contributed by atoms with Gasteiger partial charge in [0.1, 0.15) is 5.82 Å². The van der Waals surface area contributed by atoms with E-state index in [-0.39, 0.29) is 5.82 Å². The maximum absolute atomic E-state index is 13.3. The Bertz CT molecular complexity index is 969. The summed E-state index contributed by atoms with van der Waals surface area (Å²) < 4.78 is 13.3. The van der Waals surface area contributed by atoms with Gasteiger partial charge in [0.05, 0.1) is 11.4 Å². The van der Waals surface area contributed by atoms with Crippen LogP contribution in [-0.4, -0.2) is 0 Å². The molecule has 28 heavy (non-hydrogen) atoms. The highest BCUT2D eigenvalue weighted by Crippen LogP contribution is 2.49. The molecule has 0 unspecified atom stereocenters.